The molecular formula is C52H94N2O4S2+2. The Kier molecular flexibility index (Phi) is 37.4. The minimum atomic E-state index is -1.000. The highest BCUT2D eigenvalue weighted by Gasteiger charge is 2.14. The first-order valence-corrected chi connectivity index (χ1v) is 26.5. The van der Waals surface area contributed by atoms with Crippen molar-refractivity contribution in [2.45, 2.75) is 203 Å². The molecule has 2 rings (SSSR count). The first kappa shape index (κ1) is 58.0. The molecule has 0 aliphatic rings. The monoisotopic (exact) mass is 875 g/mol. The zero-order valence-corrected chi connectivity index (χ0v) is 41.9. The maximum Gasteiger partial charge on any atom is 0.336 e. The minimum Gasteiger partial charge on any atom is -0.478 e. The summed E-state index contributed by atoms with van der Waals surface area (Å²) in [5, 5.41) is 18.2. The summed E-state index contributed by atoms with van der Waals surface area (Å²) in [5.74, 6) is -2.00. The van der Waals surface area contributed by atoms with Crippen LogP contribution < -0.4 is 0 Å². The van der Waals surface area contributed by atoms with Crippen molar-refractivity contribution in [2.24, 2.45) is 0 Å². The van der Waals surface area contributed by atoms with Crippen LogP contribution in [0.15, 0.2) is 58.3 Å². The quantitative estimate of drug-likeness (QED) is 0.0408. The number of quaternary nitrogens is 2. The van der Waals surface area contributed by atoms with Crippen molar-refractivity contribution in [3.8, 4) is 0 Å². The van der Waals surface area contributed by atoms with Gasteiger partial charge < -0.3 is 19.2 Å². The van der Waals surface area contributed by atoms with E-state index in [1.165, 1.54) is 227 Å². The molecule has 0 saturated heterocycles. The van der Waals surface area contributed by atoms with E-state index in [0.29, 0.717) is 9.79 Å². The number of unbranched alkanes of at least 4 members (excludes halogenated alkanes) is 26. The summed E-state index contributed by atoms with van der Waals surface area (Å²) in [7, 11) is 16.2. The number of carbonyl (C=O) groups is 2. The summed E-state index contributed by atoms with van der Waals surface area (Å²) in [6.45, 7) is 7.25. The lowest BCUT2D eigenvalue weighted by atomic mass is 10.0. The van der Waals surface area contributed by atoms with Gasteiger partial charge in [-0.05, 0) is 49.9 Å². The summed E-state index contributed by atoms with van der Waals surface area (Å²) >= 11 is 0. The molecule has 0 aliphatic carbocycles. The van der Waals surface area contributed by atoms with Crippen LogP contribution in [0.4, 0.5) is 0 Å². The fraction of sp³-hybridized carbons (Fsp3) is 0.731. The van der Waals surface area contributed by atoms with Gasteiger partial charge in [0.1, 0.15) is 0 Å². The van der Waals surface area contributed by atoms with Gasteiger partial charge >= 0.3 is 11.9 Å². The number of nitrogens with zero attached hydrogens (tertiary/aromatic N) is 2. The Hall–Kier alpha value is -2.00. The van der Waals surface area contributed by atoms with Gasteiger partial charge in [-0.25, -0.2) is 9.59 Å². The number of hydrogen-bond acceptors (Lipinski definition) is 4. The van der Waals surface area contributed by atoms with E-state index in [1.807, 2.05) is 0 Å². The lowest BCUT2D eigenvalue weighted by molar-refractivity contribution is -0.870. The molecule has 0 radical (unpaired) electrons. The highest BCUT2D eigenvalue weighted by atomic mass is 33.1. The zero-order valence-electron chi connectivity index (χ0n) is 40.3. The van der Waals surface area contributed by atoms with E-state index in [0.717, 1.165) is 8.97 Å². The van der Waals surface area contributed by atoms with Gasteiger partial charge in [-0.3, -0.25) is 0 Å². The third kappa shape index (κ3) is 37.7. The first-order valence-electron chi connectivity index (χ1n) is 24.3. The van der Waals surface area contributed by atoms with Crippen LogP contribution >= 0.6 is 21.6 Å². The molecule has 0 bridgehead atoms. The summed E-state index contributed by atoms with van der Waals surface area (Å²) in [6, 6.07) is 13.3. The molecule has 0 fully saturated rings. The second-order valence-corrected chi connectivity index (χ2v) is 21.2. The van der Waals surface area contributed by atoms with Gasteiger partial charge in [-0.2, -0.15) is 0 Å². The summed E-state index contributed by atoms with van der Waals surface area (Å²) in [6.07, 6.45) is 40.7. The average molecular weight is 875 g/mol. The number of benzene rings is 2. The van der Waals surface area contributed by atoms with Gasteiger partial charge in [0.2, 0.25) is 0 Å². The lowest BCUT2D eigenvalue weighted by Crippen LogP contribution is -2.35. The largest absolute Gasteiger partial charge is 0.478 e. The molecule has 2 aromatic rings. The van der Waals surface area contributed by atoms with Gasteiger partial charge in [0.15, 0.2) is 0 Å². The van der Waals surface area contributed by atoms with Crippen LogP contribution in [0, 0.1) is 0 Å². The van der Waals surface area contributed by atoms with Crippen molar-refractivity contribution >= 4 is 33.5 Å². The van der Waals surface area contributed by atoms with E-state index < -0.39 is 11.9 Å². The normalized spacial score (nSPS) is 11.4. The standard InChI is InChI=1S/2C19H42N.C14H10O4S2/c2*1-5-6-7-8-9-10-11-12-13-14-15-16-17-18-19-20(2,3)4;15-13(16)9-5-1-3-7-11(9)19-20-12-8-4-2-6-10(12)14(17)18/h2*5-19H2,1-4H3;1-8H,(H,15,16)(H,17,18)/q2*+1;. The van der Waals surface area contributed by atoms with Gasteiger partial charge in [-0.1, -0.05) is 214 Å². The lowest BCUT2D eigenvalue weighted by Gasteiger charge is -2.23. The molecule has 8 heteroatoms. The fourth-order valence-corrected chi connectivity index (χ4v) is 9.43. The van der Waals surface area contributed by atoms with Crippen molar-refractivity contribution in [1.82, 2.24) is 0 Å². The first-order chi connectivity index (χ1) is 28.7. The van der Waals surface area contributed by atoms with E-state index in [4.69, 9.17) is 10.2 Å². The molecule has 0 heterocycles. The molecule has 0 aromatic heterocycles. The molecule has 60 heavy (non-hydrogen) atoms. The molecule has 2 N–H and O–H groups in total. The Labute approximate surface area is 379 Å². The zero-order chi connectivity index (χ0) is 44.7. The molecule has 2 aromatic carbocycles. The molecule has 0 aliphatic heterocycles. The van der Waals surface area contributed by atoms with E-state index in [1.54, 1.807) is 36.4 Å². The molecule has 346 valence electrons. The Bertz CT molecular complexity index is 1210. The summed E-state index contributed by atoms with van der Waals surface area (Å²) < 4.78 is 2.25. The molecule has 0 unspecified atom stereocenters. The Balaban J connectivity index is 0.000000870. The second-order valence-electron chi connectivity index (χ2n) is 19.0. The van der Waals surface area contributed by atoms with Gasteiger partial charge in [0.05, 0.1) is 66.5 Å². The van der Waals surface area contributed by atoms with Crippen molar-refractivity contribution in [3.63, 3.8) is 0 Å². The molecule has 0 spiro atoms. The number of hydrogen-bond donors (Lipinski definition) is 2. The van der Waals surface area contributed by atoms with E-state index in [2.05, 4.69) is 56.1 Å². The maximum atomic E-state index is 11.1. The van der Waals surface area contributed by atoms with Crippen LogP contribution in [0.25, 0.3) is 0 Å². The molecule has 0 saturated carbocycles. The molecule has 0 amide bonds. The number of aromatic carboxylic acids is 2. The second kappa shape index (κ2) is 38.7. The van der Waals surface area contributed by atoms with Crippen LogP contribution in [0.3, 0.4) is 0 Å². The number of carboxylic acid groups (broad SMARTS) is 2. The predicted octanol–water partition coefficient (Wildman–Crippen LogP) is 16.2. The average Bonchev–Trinajstić information content (AvgIpc) is 3.20. The molecule has 6 nitrogen and oxygen atoms in total. The maximum absolute atomic E-state index is 11.1. The van der Waals surface area contributed by atoms with Crippen LogP contribution in [0.2, 0.25) is 0 Å². The summed E-state index contributed by atoms with van der Waals surface area (Å²) in [5.41, 5.74) is 0.413. The van der Waals surface area contributed by atoms with Crippen LogP contribution in [0.5, 0.6) is 0 Å². The van der Waals surface area contributed by atoms with E-state index in [-0.39, 0.29) is 11.1 Å². The third-order valence-electron chi connectivity index (χ3n) is 10.8. The highest BCUT2D eigenvalue weighted by Crippen LogP contribution is 2.40. The van der Waals surface area contributed by atoms with Gasteiger partial charge in [-0.15, -0.1) is 0 Å². The van der Waals surface area contributed by atoms with Crippen LogP contribution in [-0.2, 0) is 0 Å². The fourth-order valence-electron chi connectivity index (χ4n) is 7.08. The van der Waals surface area contributed by atoms with E-state index in [9.17, 15) is 9.59 Å². The van der Waals surface area contributed by atoms with Crippen LogP contribution in [-0.4, -0.2) is 86.5 Å². The predicted molar refractivity (Wildman–Crippen MR) is 265 cm³/mol. The Morgan fingerprint density at radius 1 is 0.383 bits per heavy atom. The Morgan fingerprint density at radius 2 is 0.600 bits per heavy atom. The van der Waals surface area contributed by atoms with Crippen molar-refractivity contribution < 1.29 is 28.8 Å². The molecular weight excluding hydrogens is 781 g/mol. The summed E-state index contributed by atoms with van der Waals surface area (Å²) in [4.78, 5) is 23.4. The van der Waals surface area contributed by atoms with Gasteiger partial charge in [0, 0.05) is 9.79 Å². The topological polar surface area (TPSA) is 74.6 Å². The van der Waals surface area contributed by atoms with E-state index >= 15 is 0 Å². The Morgan fingerprint density at radius 3 is 0.817 bits per heavy atom. The molecule has 0 atom stereocenters. The minimum absolute atomic E-state index is 0.206. The van der Waals surface area contributed by atoms with Crippen molar-refractivity contribution in [2.75, 3.05) is 55.4 Å². The smallest absolute Gasteiger partial charge is 0.336 e. The number of carboxylic acids is 2. The highest BCUT2D eigenvalue weighted by molar-refractivity contribution is 8.76. The SMILES string of the molecule is CCCCCCCCCCCCCCCC[N+](C)(C)C.CCCCCCCCCCCCCCCC[N+](C)(C)C.O=C(O)c1ccccc1SSc1ccccc1C(=O)O. The van der Waals surface area contributed by atoms with Gasteiger partial charge in [0.25, 0.3) is 0 Å². The number of rotatable bonds is 35. The van der Waals surface area contributed by atoms with Crippen molar-refractivity contribution in [1.29, 1.82) is 0 Å². The van der Waals surface area contributed by atoms with Crippen molar-refractivity contribution in [3.05, 3.63) is 59.7 Å². The third-order valence-corrected chi connectivity index (χ3v) is 13.3. The van der Waals surface area contributed by atoms with Crippen LogP contribution in [0.1, 0.15) is 214 Å².